The number of carboxylic acid groups (broad SMARTS) is 1. The number of hydrogen-bond donors (Lipinski definition) is 3. The predicted molar refractivity (Wildman–Crippen MR) is 120 cm³/mol. The number of nitrogens with zero attached hydrogens (tertiary/aromatic N) is 5. The molecule has 10 nitrogen and oxygen atoms in total. The lowest BCUT2D eigenvalue weighted by Gasteiger charge is -2.49. The number of fused-ring (bicyclic) bond motifs is 2. The molecule has 2 fully saturated rings. The quantitative estimate of drug-likeness (QED) is 0.650. The standard InChI is InChI=1S/C22H29N7O3/c1-13-8-20(27-26-13)24-19-11-18(14-6-7-32-12-14)23-21(25-19)28(2)17-9-15-4-3-5-16(10-17)29(15)22(30)31/h6,8,11,15-17H,3-5,7,9-10,12H2,1-2H3,(H,30,31)(H2,23,24,25,26,27)/t15-,16+,17?. The van der Waals surface area contributed by atoms with Gasteiger partial charge in [-0.05, 0) is 39.0 Å². The summed E-state index contributed by atoms with van der Waals surface area (Å²) in [6.45, 7) is 3.06. The van der Waals surface area contributed by atoms with Crippen molar-refractivity contribution < 1.29 is 14.6 Å². The van der Waals surface area contributed by atoms with Gasteiger partial charge in [-0.15, -0.1) is 0 Å². The number of anilines is 3. The number of aromatic amines is 1. The van der Waals surface area contributed by atoms with E-state index in [0.29, 0.717) is 30.8 Å². The number of H-pyrrole nitrogens is 1. The second-order valence-corrected chi connectivity index (χ2v) is 8.91. The molecule has 5 rings (SSSR count). The van der Waals surface area contributed by atoms with Crippen LogP contribution in [-0.4, -0.2) is 74.7 Å². The van der Waals surface area contributed by atoms with Gasteiger partial charge in [0.05, 0.1) is 18.9 Å². The third-order valence-corrected chi connectivity index (χ3v) is 6.74. The second kappa shape index (κ2) is 8.42. The van der Waals surface area contributed by atoms with Crippen molar-refractivity contribution in [1.29, 1.82) is 0 Å². The third-order valence-electron chi connectivity index (χ3n) is 6.74. The monoisotopic (exact) mass is 439 g/mol. The smallest absolute Gasteiger partial charge is 0.407 e. The first-order valence-corrected chi connectivity index (χ1v) is 11.2. The molecule has 0 spiro atoms. The van der Waals surface area contributed by atoms with Crippen LogP contribution in [0.5, 0.6) is 0 Å². The maximum Gasteiger partial charge on any atom is 0.407 e. The van der Waals surface area contributed by atoms with Gasteiger partial charge in [0, 0.05) is 48.6 Å². The Morgan fingerprint density at radius 2 is 2.03 bits per heavy atom. The van der Waals surface area contributed by atoms with E-state index in [-0.39, 0.29) is 18.1 Å². The van der Waals surface area contributed by atoms with Crippen molar-refractivity contribution in [2.24, 2.45) is 0 Å². The zero-order valence-electron chi connectivity index (χ0n) is 18.4. The molecule has 10 heteroatoms. The van der Waals surface area contributed by atoms with E-state index < -0.39 is 6.09 Å². The van der Waals surface area contributed by atoms with E-state index in [1.807, 2.05) is 32.2 Å². The minimum Gasteiger partial charge on any atom is -0.465 e. The van der Waals surface area contributed by atoms with Gasteiger partial charge in [-0.1, -0.05) is 6.08 Å². The Morgan fingerprint density at radius 1 is 1.25 bits per heavy atom. The Hall–Kier alpha value is -3.14. The van der Waals surface area contributed by atoms with Crippen molar-refractivity contribution in [3.05, 3.63) is 29.6 Å². The predicted octanol–water partition coefficient (Wildman–Crippen LogP) is 3.17. The molecule has 3 N–H and O–H groups in total. The van der Waals surface area contributed by atoms with Crippen LogP contribution in [0, 0.1) is 6.92 Å². The molecule has 1 amide bonds. The van der Waals surface area contributed by atoms with E-state index in [1.165, 1.54) is 0 Å². The first kappa shape index (κ1) is 20.7. The highest BCUT2D eigenvalue weighted by molar-refractivity contribution is 5.69. The van der Waals surface area contributed by atoms with E-state index in [2.05, 4.69) is 20.4 Å². The van der Waals surface area contributed by atoms with Gasteiger partial charge in [0.2, 0.25) is 5.95 Å². The highest BCUT2D eigenvalue weighted by Gasteiger charge is 2.42. The molecule has 2 aromatic heterocycles. The fraction of sp³-hybridized carbons (Fsp3) is 0.545. The number of aromatic nitrogens is 4. The number of ether oxygens (including phenoxy) is 1. The Balaban J connectivity index is 1.43. The summed E-state index contributed by atoms with van der Waals surface area (Å²) < 4.78 is 5.51. The molecule has 170 valence electrons. The van der Waals surface area contributed by atoms with Crippen LogP contribution in [0.15, 0.2) is 18.2 Å². The van der Waals surface area contributed by atoms with Crippen molar-refractivity contribution in [3.8, 4) is 0 Å². The number of aryl methyl sites for hydroxylation is 1. The molecule has 2 bridgehead atoms. The van der Waals surface area contributed by atoms with Gasteiger partial charge in [0.25, 0.3) is 0 Å². The van der Waals surface area contributed by atoms with Crippen LogP contribution < -0.4 is 10.2 Å². The molecule has 0 aromatic carbocycles. The zero-order chi connectivity index (χ0) is 22.2. The van der Waals surface area contributed by atoms with E-state index in [9.17, 15) is 9.90 Å². The summed E-state index contributed by atoms with van der Waals surface area (Å²) in [7, 11) is 2.01. The van der Waals surface area contributed by atoms with E-state index >= 15 is 0 Å². The van der Waals surface area contributed by atoms with Crippen LogP contribution in [0.25, 0.3) is 5.57 Å². The van der Waals surface area contributed by atoms with Crippen LogP contribution in [0.1, 0.15) is 43.5 Å². The molecule has 0 radical (unpaired) electrons. The molecule has 1 unspecified atom stereocenters. The largest absolute Gasteiger partial charge is 0.465 e. The Labute approximate surface area is 186 Å². The summed E-state index contributed by atoms with van der Waals surface area (Å²) in [5.74, 6) is 1.98. The number of carbonyl (C=O) groups is 1. The molecule has 3 atom stereocenters. The lowest BCUT2D eigenvalue weighted by Crippen LogP contribution is -2.58. The molecular formula is C22H29N7O3. The lowest BCUT2D eigenvalue weighted by molar-refractivity contribution is 0.0351. The number of amides is 1. The van der Waals surface area contributed by atoms with Crippen molar-refractivity contribution in [3.63, 3.8) is 0 Å². The molecule has 3 aliphatic rings. The minimum absolute atomic E-state index is 0.0613. The average molecular weight is 440 g/mol. The van der Waals surface area contributed by atoms with Gasteiger partial charge < -0.3 is 25.0 Å². The van der Waals surface area contributed by atoms with E-state index in [0.717, 1.165) is 49.1 Å². The lowest BCUT2D eigenvalue weighted by atomic mass is 9.81. The maximum absolute atomic E-state index is 11.8. The fourth-order valence-electron chi connectivity index (χ4n) is 5.14. The normalized spacial score (nSPS) is 24.9. The highest BCUT2D eigenvalue weighted by Crippen LogP contribution is 2.37. The summed E-state index contributed by atoms with van der Waals surface area (Å²) in [6.07, 6.45) is 5.76. The molecule has 2 saturated heterocycles. The summed E-state index contributed by atoms with van der Waals surface area (Å²) in [5.41, 5.74) is 2.83. The molecule has 0 aliphatic carbocycles. The van der Waals surface area contributed by atoms with Crippen molar-refractivity contribution >= 4 is 29.3 Å². The van der Waals surface area contributed by atoms with E-state index in [4.69, 9.17) is 14.7 Å². The van der Waals surface area contributed by atoms with Gasteiger partial charge in [-0.2, -0.15) is 10.1 Å². The number of rotatable bonds is 5. The van der Waals surface area contributed by atoms with Crippen molar-refractivity contribution in [1.82, 2.24) is 25.1 Å². The minimum atomic E-state index is -0.798. The summed E-state index contributed by atoms with van der Waals surface area (Å²) >= 11 is 0. The Bertz CT molecular complexity index is 1020. The SMILES string of the molecule is Cc1cc(Nc2cc(C3=CCOC3)nc(N(C)C3C[C@H]4CCC[C@@H](C3)N4C(=O)O)n2)n[nH]1. The van der Waals surface area contributed by atoms with Gasteiger partial charge >= 0.3 is 6.09 Å². The van der Waals surface area contributed by atoms with Crippen LogP contribution in [-0.2, 0) is 4.74 Å². The molecule has 5 heterocycles. The van der Waals surface area contributed by atoms with Crippen LogP contribution in [0.3, 0.4) is 0 Å². The Morgan fingerprint density at radius 3 is 2.66 bits per heavy atom. The van der Waals surface area contributed by atoms with Gasteiger partial charge in [-0.3, -0.25) is 5.10 Å². The maximum atomic E-state index is 11.8. The summed E-state index contributed by atoms with van der Waals surface area (Å²) in [5, 5.41) is 20.1. The van der Waals surface area contributed by atoms with Crippen LogP contribution in [0.4, 0.5) is 22.4 Å². The van der Waals surface area contributed by atoms with Gasteiger partial charge in [-0.25, -0.2) is 9.78 Å². The highest BCUT2D eigenvalue weighted by atomic mass is 16.5. The van der Waals surface area contributed by atoms with Crippen LogP contribution in [0.2, 0.25) is 0 Å². The molecule has 32 heavy (non-hydrogen) atoms. The fourth-order valence-corrected chi connectivity index (χ4v) is 5.14. The van der Waals surface area contributed by atoms with Crippen LogP contribution >= 0.6 is 0 Å². The number of hydrogen-bond acceptors (Lipinski definition) is 7. The van der Waals surface area contributed by atoms with Gasteiger partial charge in [0.15, 0.2) is 5.82 Å². The molecule has 3 aliphatic heterocycles. The molecule has 2 aromatic rings. The third kappa shape index (κ3) is 4.02. The summed E-state index contributed by atoms with van der Waals surface area (Å²) in [6, 6.07) is 4.15. The van der Waals surface area contributed by atoms with Gasteiger partial charge in [0.1, 0.15) is 5.82 Å². The molecular weight excluding hydrogens is 410 g/mol. The van der Waals surface area contributed by atoms with E-state index in [1.54, 1.807) is 4.90 Å². The number of piperidine rings is 2. The topological polar surface area (TPSA) is 120 Å². The summed E-state index contributed by atoms with van der Waals surface area (Å²) in [4.78, 5) is 25.2. The Kier molecular flexibility index (Phi) is 5.46. The first-order chi connectivity index (χ1) is 15.5. The number of nitrogens with one attached hydrogen (secondary N) is 2. The molecule has 0 saturated carbocycles. The zero-order valence-corrected chi connectivity index (χ0v) is 18.4. The van der Waals surface area contributed by atoms with Crippen molar-refractivity contribution in [2.45, 2.75) is 57.2 Å². The van der Waals surface area contributed by atoms with Crippen molar-refractivity contribution in [2.75, 3.05) is 30.5 Å². The first-order valence-electron chi connectivity index (χ1n) is 11.2. The second-order valence-electron chi connectivity index (χ2n) is 8.91. The average Bonchev–Trinajstić information content (AvgIpc) is 3.44.